The first-order valence-electron chi connectivity index (χ1n) is 5.76. The van der Waals surface area contributed by atoms with Crippen molar-refractivity contribution in [3.8, 4) is 18.1 Å². The molecule has 1 aromatic rings. The van der Waals surface area contributed by atoms with Gasteiger partial charge < -0.3 is 4.74 Å². The van der Waals surface area contributed by atoms with Gasteiger partial charge in [0.05, 0.1) is 12.7 Å². The molecule has 1 aliphatic rings. The van der Waals surface area contributed by atoms with Gasteiger partial charge in [-0.15, -0.1) is 6.42 Å². The maximum absolute atomic E-state index is 5.50. The number of hydrogen-bond donors (Lipinski definition) is 0. The van der Waals surface area contributed by atoms with Crippen molar-refractivity contribution >= 4 is 0 Å². The second kappa shape index (κ2) is 3.87. The first-order valence-corrected chi connectivity index (χ1v) is 5.76. The van der Waals surface area contributed by atoms with Crippen molar-refractivity contribution in [2.24, 2.45) is 0 Å². The minimum atomic E-state index is 0.244. The molecule has 84 valence electrons. The summed E-state index contributed by atoms with van der Waals surface area (Å²) in [7, 11) is 1.68. The summed E-state index contributed by atoms with van der Waals surface area (Å²) in [4.78, 5) is 0. The van der Waals surface area contributed by atoms with Crippen LogP contribution in [0.3, 0.4) is 0 Å². The lowest BCUT2D eigenvalue weighted by molar-refractivity contribution is 0.400. The van der Waals surface area contributed by atoms with Crippen molar-refractivity contribution < 1.29 is 4.74 Å². The number of hydrogen-bond acceptors (Lipinski definition) is 1. The Bertz CT molecular complexity index is 449. The Morgan fingerprint density at radius 3 is 2.75 bits per heavy atom. The van der Waals surface area contributed by atoms with Crippen molar-refractivity contribution in [1.82, 2.24) is 0 Å². The van der Waals surface area contributed by atoms with Crippen LogP contribution in [-0.4, -0.2) is 7.11 Å². The SMILES string of the molecule is C#Cc1cc2c(cc1OC)C(C)(C)CCC2. The topological polar surface area (TPSA) is 9.23 Å². The Hall–Kier alpha value is -1.42. The molecule has 16 heavy (non-hydrogen) atoms. The molecule has 1 nitrogen and oxygen atoms in total. The molecule has 0 heterocycles. The highest BCUT2D eigenvalue weighted by Crippen LogP contribution is 2.39. The molecule has 2 rings (SSSR count). The molecule has 0 bridgehead atoms. The Kier molecular flexibility index (Phi) is 2.68. The third-order valence-electron chi connectivity index (χ3n) is 3.56. The van der Waals surface area contributed by atoms with Crippen LogP contribution in [-0.2, 0) is 11.8 Å². The number of methoxy groups -OCH3 is 1. The molecule has 0 unspecified atom stereocenters. The van der Waals surface area contributed by atoms with E-state index in [2.05, 4.69) is 31.9 Å². The molecule has 0 amide bonds. The highest BCUT2D eigenvalue weighted by Gasteiger charge is 2.28. The average Bonchev–Trinajstić information content (AvgIpc) is 2.27. The highest BCUT2D eigenvalue weighted by atomic mass is 16.5. The number of rotatable bonds is 1. The van der Waals surface area contributed by atoms with Gasteiger partial charge in [-0.25, -0.2) is 0 Å². The largest absolute Gasteiger partial charge is 0.495 e. The monoisotopic (exact) mass is 214 g/mol. The molecule has 1 heteroatoms. The van der Waals surface area contributed by atoms with Crippen molar-refractivity contribution in [3.63, 3.8) is 0 Å². The van der Waals surface area contributed by atoms with Crippen LogP contribution < -0.4 is 4.74 Å². The lowest BCUT2D eigenvalue weighted by Crippen LogP contribution is -2.24. The summed E-state index contributed by atoms with van der Waals surface area (Å²) >= 11 is 0. The Morgan fingerprint density at radius 2 is 2.12 bits per heavy atom. The fraction of sp³-hybridized carbons (Fsp3) is 0.467. The summed E-state index contributed by atoms with van der Waals surface area (Å²) in [5.74, 6) is 3.53. The van der Waals surface area contributed by atoms with E-state index in [0.717, 1.165) is 17.7 Å². The summed E-state index contributed by atoms with van der Waals surface area (Å²) < 4.78 is 5.35. The maximum Gasteiger partial charge on any atom is 0.134 e. The molecule has 0 radical (unpaired) electrons. The first-order chi connectivity index (χ1) is 7.58. The number of terminal acetylenes is 1. The molecule has 0 aromatic heterocycles. The van der Waals surface area contributed by atoms with Gasteiger partial charge in [-0.05, 0) is 47.9 Å². The van der Waals surface area contributed by atoms with Gasteiger partial charge in [0, 0.05) is 0 Å². The lowest BCUT2D eigenvalue weighted by atomic mass is 9.72. The number of fused-ring (bicyclic) bond motifs is 1. The molecule has 1 aromatic carbocycles. The van der Waals surface area contributed by atoms with Crippen molar-refractivity contribution in [2.45, 2.75) is 38.5 Å². The van der Waals surface area contributed by atoms with E-state index >= 15 is 0 Å². The third kappa shape index (κ3) is 1.69. The van der Waals surface area contributed by atoms with Crippen LogP contribution in [0.1, 0.15) is 43.4 Å². The minimum absolute atomic E-state index is 0.244. The van der Waals surface area contributed by atoms with E-state index in [1.54, 1.807) is 7.11 Å². The summed E-state index contributed by atoms with van der Waals surface area (Å²) in [6, 6.07) is 4.25. The molecule has 0 spiro atoms. The molecule has 0 saturated heterocycles. The molecular formula is C15H18O. The van der Waals surface area contributed by atoms with Crippen LogP contribution in [0.5, 0.6) is 5.75 Å². The summed E-state index contributed by atoms with van der Waals surface area (Å²) in [6.07, 6.45) is 9.11. The summed E-state index contributed by atoms with van der Waals surface area (Å²) in [6.45, 7) is 4.58. The van der Waals surface area contributed by atoms with E-state index in [4.69, 9.17) is 11.2 Å². The molecule has 0 fully saturated rings. The van der Waals surface area contributed by atoms with Crippen LogP contribution in [0.4, 0.5) is 0 Å². The highest BCUT2D eigenvalue weighted by molar-refractivity contribution is 5.52. The third-order valence-corrected chi connectivity index (χ3v) is 3.56. The fourth-order valence-electron chi connectivity index (χ4n) is 2.60. The normalized spacial score (nSPS) is 17.4. The standard InChI is InChI=1S/C15H18O/c1-5-11-9-12-7-6-8-15(2,3)13(12)10-14(11)16-4/h1,9-10H,6-8H2,2-4H3. The lowest BCUT2D eigenvalue weighted by Gasteiger charge is -2.33. The zero-order valence-corrected chi connectivity index (χ0v) is 10.3. The molecular weight excluding hydrogens is 196 g/mol. The molecule has 0 aliphatic heterocycles. The zero-order chi connectivity index (χ0) is 11.8. The van der Waals surface area contributed by atoms with E-state index < -0.39 is 0 Å². The van der Waals surface area contributed by atoms with Gasteiger partial charge in [0.25, 0.3) is 0 Å². The van der Waals surface area contributed by atoms with Gasteiger partial charge in [0.1, 0.15) is 5.75 Å². The summed E-state index contributed by atoms with van der Waals surface area (Å²) in [5.41, 5.74) is 3.91. The van der Waals surface area contributed by atoms with Gasteiger partial charge >= 0.3 is 0 Å². The van der Waals surface area contributed by atoms with Gasteiger partial charge in [-0.3, -0.25) is 0 Å². The predicted molar refractivity (Wildman–Crippen MR) is 66.9 cm³/mol. The van der Waals surface area contributed by atoms with Crippen molar-refractivity contribution in [1.29, 1.82) is 0 Å². The van der Waals surface area contributed by atoms with Crippen LogP contribution in [0, 0.1) is 12.3 Å². The summed E-state index contributed by atoms with van der Waals surface area (Å²) in [5, 5.41) is 0. The molecule has 0 atom stereocenters. The first kappa shape index (κ1) is 11.1. The molecule has 1 aliphatic carbocycles. The van der Waals surface area contributed by atoms with Gasteiger partial charge in [-0.1, -0.05) is 19.8 Å². The van der Waals surface area contributed by atoms with Gasteiger partial charge in [0.15, 0.2) is 0 Å². The van der Waals surface area contributed by atoms with Crippen LogP contribution in [0.2, 0.25) is 0 Å². The second-order valence-corrected chi connectivity index (χ2v) is 5.09. The average molecular weight is 214 g/mol. The number of ether oxygens (including phenoxy) is 1. The Morgan fingerprint density at radius 1 is 1.38 bits per heavy atom. The van der Waals surface area contributed by atoms with E-state index in [9.17, 15) is 0 Å². The Balaban J connectivity index is 2.61. The van der Waals surface area contributed by atoms with E-state index in [1.807, 2.05) is 0 Å². The Labute approximate surface area is 97.8 Å². The quantitative estimate of drug-likeness (QED) is 0.652. The number of benzene rings is 1. The van der Waals surface area contributed by atoms with Crippen molar-refractivity contribution in [2.75, 3.05) is 7.11 Å². The van der Waals surface area contributed by atoms with Gasteiger partial charge in [0.2, 0.25) is 0 Å². The maximum atomic E-state index is 5.50. The van der Waals surface area contributed by atoms with Crippen LogP contribution in [0.15, 0.2) is 12.1 Å². The predicted octanol–water partition coefficient (Wildman–Crippen LogP) is 3.29. The van der Waals surface area contributed by atoms with Crippen LogP contribution in [0.25, 0.3) is 0 Å². The molecule has 0 saturated carbocycles. The number of aryl methyl sites for hydroxylation is 1. The fourth-order valence-corrected chi connectivity index (χ4v) is 2.60. The second-order valence-electron chi connectivity index (χ2n) is 5.09. The van der Waals surface area contributed by atoms with Gasteiger partial charge in [-0.2, -0.15) is 0 Å². The molecule has 0 N–H and O–H groups in total. The van der Waals surface area contributed by atoms with E-state index in [1.165, 1.54) is 24.0 Å². The van der Waals surface area contributed by atoms with Crippen molar-refractivity contribution in [3.05, 3.63) is 28.8 Å². The van der Waals surface area contributed by atoms with E-state index in [0.29, 0.717) is 0 Å². The van der Waals surface area contributed by atoms with Crippen LogP contribution >= 0.6 is 0 Å². The van der Waals surface area contributed by atoms with E-state index in [-0.39, 0.29) is 5.41 Å². The minimum Gasteiger partial charge on any atom is -0.495 e. The smallest absolute Gasteiger partial charge is 0.134 e. The zero-order valence-electron chi connectivity index (χ0n) is 10.3.